The van der Waals surface area contributed by atoms with E-state index in [-0.39, 0.29) is 17.9 Å². The molecule has 1 fully saturated rings. The van der Waals surface area contributed by atoms with Crippen molar-refractivity contribution in [3.63, 3.8) is 0 Å². The molecule has 0 heterocycles. The maximum atomic E-state index is 12.0. The third kappa shape index (κ3) is 3.04. The molecule has 108 valence electrons. The first-order valence-corrected chi connectivity index (χ1v) is 7.69. The lowest BCUT2D eigenvalue weighted by Crippen LogP contribution is -2.31. The van der Waals surface area contributed by atoms with E-state index in [0.717, 1.165) is 37.8 Å². The lowest BCUT2D eigenvalue weighted by Gasteiger charge is -2.14. The molecule has 3 nitrogen and oxygen atoms in total. The van der Waals surface area contributed by atoms with Crippen molar-refractivity contribution in [2.45, 2.75) is 44.9 Å². The molecule has 0 unspecified atom stereocenters. The van der Waals surface area contributed by atoms with Crippen LogP contribution in [0, 0.1) is 5.41 Å². The van der Waals surface area contributed by atoms with Crippen LogP contribution < -0.4 is 5.32 Å². The number of aryl methyl sites for hydroxylation is 2. The van der Waals surface area contributed by atoms with Gasteiger partial charge < -0.3 is 10.4 Å². The minimum absolute atomic E-state index is 0.104. The summed E-state index contributed by atoms with van der Waals surface area (Å²) in [6.45, 7) is 0.942. The van der Waals surface area contributed by atoms with Gasteiger partial charge in [-0.2, -0.15) is 0 Å². The van der Waals surface area contributed by atoms with Crippen molar-refractivity contribution in [1.82, 2.24) is 5.32 Å². The number of fused-ring (bicyclic) bond motifs is 1. The van der Waals surface area contributed by atoms with Gasteiger partial charge in [0.2, 0.25) is 5.91 Å². The fourth-order valence-electron chi connectivity index (χ4n) is 3.20. The summed E-state index contributed by atoms with van der Waals surface area (Å²) >= 11 is 0. The number of hydrogen-bond donors (Lipinski definition) is 2. The summed E-state index contributed by atoms with van der Waals surface area (Å²) in [5.74, 6) is 0.104. The fourth-order valence-corrected chi connectivity index (χ4v) is 3.20. The average molecular weight is 273 g/mol. The van der Waals surface area contributed by atoms with Crippen molar-refractivity contribution in [3.05, 3.63) is 34.9 Å². The van der Waals surface area contributed by atoms with E-state index in [4.69, 9.17) is 5.11 Å². The zero-order valence-corrected chi connectivity index (χ0v) is 12.0. The molecule has 0 bridgehead atoms. The number of hydrogen-bond acceptors (Lipinski definition) is 2. The molecule has 3 heteroatoms. The molecule has 20 heavy (non-hydrogen) atoms. The summed E-state index contributed by atoms with van der Waals surface area (Å²) in [6, 6.07) is 6.46. The van der Waals surface area contributed by atoms with Gasteiger partial charge in [0.25, 0.3) is 0 Å². The molecule has 0 spiro atoms. The van der Waals surface area contributed by atoms with Crippen LogP contribution in [0.25, 0.3) is 0 Å². The Kier molecular flexibility index (Phi) is 3.79. The largest absolute Gasteiger partial charge is 0.396 e. The average Bonchev–Trinajstić information content (AvgIpc) is 3.04. The third-order valence-electron chi connectivity index (χ3n) is 4.79. The Morgan fingerprint density at radius 3 is 2.80 bits per heavy atom. The van der Waals surface area contributed by atoms with Crippen LogP contribution in [0.15, 0.2) is 18.2 Å². The molecule has 1 amide bonds. The minimum atomic E-state index is 0.104. The van der Waals surface area contributed by atoms with Gasteiger partial charge in [0, 0.05) is 13.2 Å². The van der Waals surface area contributed by atoms with Crippen molar-refractivity contribution in [2.75, 3.05) is 13.2 Å². The van der Waals surface area contributed by atoms with Crippen molar-refractivity contribution >= 4 is 5.91 Å². The highest BCUT2D eigenvalue weighted by Crippen LogP contribution is 2.47. The van der Waals surface area contributed by atoms with E-state index in [1.165, 1.54) is 24.0 Å². The maximum Gasteiger partial charge on any atom is 0.224 e. The van der Waals surface area contributed by atoms with Crippen molar-refractivity contribution < 1.29 is 9.90 Å². The Hall–Kier alpha value is -1.35. The van der Waals surface area contributed by atoms with Crippen molar-refractivity contribution in [1.29, 1.82) is 0 Å². The van der Waals surface area contributed by atoms with E-state index in [1.54, 1.807) is 0 Å². The predicted molar refractivity (Wildman–Crippen MR) is 78.6 cm³/mol. The summed E-state index contributed by atoms with van der Waals surface area (Å²) in [5.41, 5.74) is 4.20. The van der Waals surface area contributed by atoms with E-state index in [0.29, 0.717) is 6.42 Å². The number of rotatable bonds is 6. The van der Waals surface area contributed by atoms with Gasteiger partial charge in [-0.1, -0.05) is 18.2 Å². The van der Waals surface area contributed by atoms with Gasteiger partial charge >= 0.3 is 0 Å². The van der Waals surface area contributed by atoms with Crippen LogP contribution in [-0.2, 0) is 24.1 Å². The van der Waals surface area contributed by atoms with Crippen LogP contribution in [0.3, 0.4) is 0 Å². The Morgan fingerprint density at radius 2 is 2.05 bits per heavy atom. The molecule has 3 rings (SSSR count). The highest BCUT2D eigenvalue weighted by Gasteiger charge is 2.41. The van der Waals surface area contributed by atoms with Gasteiger partial charge in [-0.05, 0) is 60.6 Å². The quantitative estimate of drug-likeness (QED) is 0.833. The molecule has 1 aromatic rings. The van der Waals surface area contributed by atoms with Gasteiger partial charge in [0.15, 0.2) is 0 Å². The molecule has 0 atom stereocenters. The van der Waals surface area contributed by atoms with Crippen molar-refractivity contribution in [2.24, 2.45) is 5.41 Å². The summed E-state index contributed by atoms with van der Waals surface area (Å²) in [5, 5.41) is 12.1. The standard InChI is InChI=1S/C17H23NO2/c19-9-8-17(6-7-17)12-18-16(20)11-13-4-5-14-2-1-3-15(14)10-13/h4-5,10,19H,1-3,6-9,11-12H2,(H,18,20). The second-order valence-electron chi connectivity index (χ2n) is 6.38. The van der Waals surface area contributed by atoms with Crippen LogP contribution in [0.1, 0.15) is 42.4 Å². The molecular weight excluding hydrogens is 250 g/mol. The van der Waals surface area contributed by atoms with E-state index in [1.807, 2.05) is 0 Å². The van der Waals surface area contributed by atoms with Gasteiger partial charge in [-0.15, -0.1) is 0 Å². The highest BCUT2D eigenvalue weighted by atomic mass is 16.3. The molecule has 0 aromatic heterocycles. The van der Waals surface area contributed by atoms with Crippen LogP contribution in [0.5, 0.6) is 0 Å². The van der Waals surface area contributed by atoms with E-state index < -0.39 is 0 Å². The summed E-state index contributed by atoms with van der Waals surface area (Å²) in [6.07, 6.45) is 7.14. The number of amides is 1. The Balaban J connectivity index is 1.51. The van der Waals surface area contributed by atoms with Crippen LogP contribution >= 0.6 is 0 Å². The number of benzene rings is 1. The first-order valence-electron chi connectivity index (χ1n) is 7.69. The maximum absolute atomic E-state index is 12.0. The molecule has 0 saturated heterocycles. The first-order chi connectivity index (χ1) is 9.71. The number of aliphatic hydroxyl groups is 1. The van der Waals surface area contributed by atoms with Crippen molar-refractivity contribution in [3.8, 4) is 0 Å². The molecule has 2 N–H and O–H groups in total. The molecule has 2 aliphatic carbocycles. The van der Waals surface area contributed by atoms with Crippen LogP contribution in [0.2, 0.25) is 0 Å². The summed E-state index contributed by atoms with van der Waals surface area (Å²) < 4.78 is 0. The van der Waals surface area contributed by atoms with E-state index >= 15 is 0 Å². The van der Waals surface area contributed by atoms with Crippen LogP contribution in [0.4, 0.5) is 0 Å². The molecule has 0 radical (unpaired) electrons. The second-order valence-corrected chi connectivity index (χ2v) is 6.38. The predicted octanol–water partition coefficient (Wildman–Crippen LogP) is 2.00. The van der Waals surface area contributed by atoms with Gasteiger partial charge in [-0.25, -0.2) is 0 Å². The lowest BCUT2D eigenvalue weighted by molar-refractivity contribution is -0.120. The lowest BCUT2D eigenvalue weighted by atomic mass is 10.0. The number of nitrogens with one attached hydrogen (secondary N) is 1. The highest BCUT2D eigenvalue weighted by molar-refractivity contribution is 5.78. The summed E-state index contributed by atoms with van der Waals surface area (Å²) in [4.78, 5) is 12.0. The Bertz CT molecular complexity index is 506. The normalized spacial score (nSPS) is 18.6. The molecular formula is C17H23NO2. The van der Waals surface area contributed by atoms with E-state index in [9.17, 15) is 4.79 Å². The summed E-state index contributed by atoms with van der Waals surface area (Å²) in [7, 11) is 0. The van der Waals surface area contributed by atoms with E-state index in [2.05, 4.69) is 23.5 Å². The fraction of sp³-hybridized carbons (Fsp3) is 0.588. The van der Waals surface area contributed by atoms with Gasteiger partial charge in [0.1, 0.15) is 0 Å². The molecule has 1 saturated carbocycles. The monoisotopic (exact) mass is 273 g/mol. The van der Waals surface area contributed by atoms with Gasteiger partial charge in [-0.3, -0.25) is 4.79 Å². The van der Waals surface area contributed by atoms with Crippen LogP contribution in [-0.4, -0.2) is 24.2 Å². The zero-order chi connectivity index (χ0) is 14.0. The second kappa shape index (κ2) is 5.57. The Labute approximate surface area is 120 Å². The third-order valence-corrected chi connectivity index (χ3v) is 4.79. The smallest absolute Gasteiger partial charge is 0.224 e. The zero-order valence-electron chi connectivity index (χ0n) is 12.0. The number of aliphatic hydroxyl groups excluding tert-OH is 1. The van der Waals surface area contributed by atoms with Gasteiger partial charge in [0.05, 0.1) is 6.42 Å². The minimum Gasteiger partial charge on any atom is -0.396 e. The molecule has 1 aromatic carbocycles. The molecule has 2 aliphatic rings. The topological polar surface area (TPSA) is 49.3 Å². The number of carbonyl (C=O) groups is 1. The Morgan fingerprint density at radius 1 is 1.25 bits per heavy atom. The number of carbonyl (C=O) groups excluding carboxylic acids is 1. The first kappa shape index (κ1) is 13.6. The SMILES string of the molecule is O=C(Cc1ccc2c(c1)CCC2)NCC1(CCO)CC1. The molecule has 0 aliphatic heterocycles.